The first-order valence-corrected chi connectivity index (χ1v) is 8.69. The van der Waals surface area contributed by atoms with Gasteiger partial charge < -0.3 is 35.6 Å². The maximum absolute atomic E-state index is 12.3. The predicted octanol–water partition coefficient (Wildman–Crippen LogP) is 5.64. The molecule has 0 bridgehead atoms. The van der Waals surface area contributed by atoms with Gasteiger partial charge in [-0.05, 0) is 17.8 Å². The van der Waals surface area contributed by atoms with Crippen LogP contribution in [-0.2, 0) is 17.1 Å². The molecule has 0 saturated heterocycles. The minimum absolute atomic E-state index is 0. The second kappa shape index (κ2) is 10.8. The van der Waals surface area contributed by atoms with Crippen LogP contribution in [-0.4, -0.2) is 10.8 Å². The molecule has 0 aliphatic carbocycles. The first-order valence-electron chi connectivity index (χ1n) is 8.69. The summed E-state index contributed by atoms with van der Waals surface area (Å²) in [5.74, 6) is -0.307. The third kappa shape index (κ3) is 6.01. The molecule has 0 aliphatic rings. The molecule has 1 amide bonds. The van der Waals surface area contributed by atoms with Crippen LogP contribution in [0.5, 0.6) is 0 Å². The fourth-order valence-electron chi connectivity index (χ4n) is 2.65. The molecule has 0 heterocycles. The van der Waals surface area contributed by atoms with Crippen LogP contribution in [0, 0.1) is 10.1 Å². The first-order chi connectivity index (χ1) is 13.6. The summed E-state index contributed by atoms with van der Waals surface area (Å²) in [4.78, 5) is 22.5. The van der Waals surface area contributed by atoms with Gasteiger partial charge in [-0.3, -0.25) is 14.9 Å². The van der Waals surface area contributed by atoms with E-state index in [-0.39, 0.29) is 28.7 Å². The first kappa shape index (κ1) is 21.8. The van der Waals surface area contributed by atoms with E-state index in [0.717, 1.165) is 11.1 Å². The van der Waals surface area contributed by atoms with Gasteiger partial charge in [-0.25, -0.2) is 0 Å². The normalized spacial score (nSPS) is 9.52. The Hall–Kier alpha value is -3.47. The van der Waals surface area contributed by atoms with Gasteiger partial charge in [-0.1, -0.05) is 29.3 Å². The van der Waals surface area contributed by atoms with E-state index in [1.165, 1.54) is 24.3 Å². The van der Waals surface area contributed by atoms with E-state index in [4.69, 9.17) is 0 Å². The van der Waals surface area contributed by atoms with Crippen molar-refractivity contribution < 1.29 is 26.8 Å². The predicted molar refractivity (Wildman–Crippen MR) is 111 cm³/mol. The Bertz CT molecular complexity index is 1010. The smallest absolute Gasteiger partial charge is 0.269 e. The molecule has 0 fully saturated rings. The zero-order chi connectivity index (χ0) is 19.8. The van der Waals surface area contributed by atoms with Crippen LogP contribution in [0.25, 0.3) is 11.1 Å². The monoisotopic (exact) mass is 426 g/mol. The number of benzene rings is 2. The van der Waals surface area contributed by atoms with Gasteiger partial charge in [-0.15, -0.1) is 18.2 Å². The van der Waals surface area contributed by atoms with Gasteiger partial charge >= 0.3 is 0 Å². The summed E-state index contributed by atoms with van der Waals surface area (Å²) in [5, 5.41) is 13.5. The summed E-state index contributed by atoms with van der Waals surface area (Å²) in [6.45, 7) is 0. The van der Waals surface area contributed by atoms with Gasteiger partial charge in [-0.2, -0.15) is 12.1 Å². The van der Waals surface area contributed by atoms with Crippen molar-refractivity contribution in [3.63, 3.8) is 0 Å². The van der Waals surface area contributed by atoms with Crippen LogP contribution in [0.15, 0.2) is 103 Å². The standard InChI is InChI=1S/C18H13N2O3.C5H5.Fe/c21-18(14-9-11-15(12-10-14)20(22)23)19-17-8-4-3-7-16(17)13-5-1-2-6-13;1-2-4-5-3-1;/h1-12H,(H,19,21);1-5H;/q-1;-5;. The minimum Gasteiger partial charge on any atom is -0.748 e. The molecular weight excluding hydrogens is 408 g/mol. The minimum atomic E-state index is -0.494. The molecule has 4 aromatic carbocycles. The second-order valence-electron chi connectivity index (χ2n) is 5.94. The molecule has 6 heteroatoms. The van der Waals surface area contributed by atoms with Crippen molar-refractivity contribution in [2.75, 3.05) is 5.32 Å². The van der Waals surface area contributed by atoms with Gasteiger partial charge in [0.15, 0.2) is 0 Å². The molecule has 0 spiro atoms. The van der Waals surface area contributed by atoms with Crippen LogP contribution in [0.3, 0.4) is 0 Å². The molecule has 0 aliphatic heterocycles. The molecule has 1 N–H and O–H groups in total. The average molecular weight is 426 g/mol. The number of carbonyl (C=O) groups excluding carboxylic acids is 1. The molecule has 0 aromatic heterocycles. The summed E-state index contributed by atoms with van der Waals surface area (Å²) in [7, 11) is 0. The number of nitrogens with one attached hydrogen (secondary N) is 1. The Morgan fingerprint density at radius 2 is 1.41 bits per heavy atom. The summed E-state index contributed by atoms with van der Waals surface area (Å²) in [6.07, 6.45) is 0. The molecule has 0 saturated carbocycles. The fourth-order valence-corrected chi connectivity index (χ4v) is 2.65. The van der Waals surface area contributed by atoms with Crippen molar-refractivity contribution in [3.05, 3.63) is 119 Å². The van der Waals surface area contributed by atoms with E-state index < -0.39 is 4.92 Å². The van der Waals surface area contributed by atoms with Crippen LogP contribution < -0.4 is 5.32 Å². The maximum atomic E-state index is 12.3. The number of hydrogen-bond donors (Lipinski definition) is 1. The number of amides is 1. The number of nitro groups is 1. The van der Waals surface area contributed by atoms with E-state index >= 15 is 0 Å². The van der Waals surface area contributed by atoms with E-state index in [1.807, 2.05) is 78.9 Å². The maximum Gasteiger partial charge on any atom is 0.269 e. The molecule has 0 radical (unpaired) electrons. The molecule has 4 aromatic rings. The Labute approximate surface area is 179 Å². The SMILES string of the molecule is O=C(Nc1ccccc1-[c-]1cccc1)c1ccc([N+](=O)[O-])cc1.[Fe].[cH-]1[cH-][cH-][cH-][cH-]1. The molecule has 29 heavy (non-hydrogen) atoms. The molecule has 0 unspecified atom stereocenters. The van der Waals surface area contributed by atoms with Crippen LogP contribution in [0.1, 0.15) is 10.4 Å². The van der Waals surface area contributed by atoms with Gasteiger partial charge in [0.25, 0.3) is 5.69 Å². The second-order valence-corrected chi connectivity index (χ2v) is 5.94. The molecule has 0 atom stereocenters. The Kier molecular flexibility index (Phi) is 8.10. The van der Waals surface area contributed by atoms with Gasteiger partial charge in [0, 0.05) is 34.8 Å². The van der Waals surface area contributed by atoms with Crippen LogP contribution >= 0.6 is 0 Å². The number of non-ortho nitro benzene ring substituents is 1. The summed E-state index contributed by atoms with van der Waals surface area (Å²) in [5.41, 5.74) is 2.96. The number of nitrogens with zero attached hydrogens (tertiary/aromatic N) is 1. The zero-order valence-corrected chi connectivity index (χ0v) is 16.4. The average Bonchev–Trinajstić information content (AvgIpc) is 3.45. The molecule has 5 nitrogen and oxygen atoms in total. The number of anilines is 1. The van der Waals surface area contributed by atoms with Crippen molar-refractivity contribution in [3.8, 4) is 11.1 Å². The van der Waals surface area contributed by atoms with Gasteiger partial charge in [0.2, 0.25) is 5.91 Å². The van der Waals surface area contributed by atoms with Crippen molar-refractivity contribution in [1.82, 2.24) is 0 Å². The number of rotatable bonds is 4. The van der Waals surface area contributed by atoms with Crippen molar-refractivity contribution in [2.45, 2.75) is 0 Å². The van der Waals surface area contributed by atoms with E-state index in [0.29, 0.717) is 11.3 Å². The number of hydrogen-bond acceptors (Lipinski definition) is 3. The summed E-state index contributed by atoms with van der Waals surface area (Å²) >= 11 is 0. The quantitative estimate of drug-likeness (QED) is 0.199. The van der Waals surface area contributed by atoms with Crippen LogP contribution in [0.2, 0.25) is 0 Å². The summed E-state index contributed by atoms with van der Waals surface area (Å²) < 4.78 is 0. The van der Waals surface area contributed by atoms with Crippen LogP contribution in [0.4, 0.5) is 11.4 Å². The Morgan fingerprint density at radius 3 is 1.97 bits per heavy atom. The molecule has 4 rings (SSSR count). The molecule has 152 valence electrons. The topological polar surface area (TPSA) is 72.2 Å². The van der Waals surface area contributed by atoms with E-state index in [2.05, 4.69) is 5.32 Å². The summed E-state index contributed by atoms with van der Waals surface area (Å²) in [6, 6.07) is 30.8. The number of para-hydroxylation sites is 1. The zero-order valence-electron chi connectivity index (χ0n) is 15.3. The Balaban J connectivity index is 0.000000437. The van der Waals surface area contributed by atoms with Crippen molar-refractivity contribution in [2.24, 2.45) is 0 Å². The number of nitro benzene ring substituents is 1. The third-order valence-electron chi connectivity index (χ3n) is 4.04. The van der Waals surface area contributed by atoms with Gasteiger partial charge in [0.05, 0.1) is 4.92 Å². The van der Waals surface area contributed by atoms with Gasteiger partial charge in [0.1, 0.15) is 0 Å². The van der Waals surface area contributed by atoms with Crippen molar-refractivity contribution >= 4 is 17.3 Å². The van der Waals surface area contributed by atoms with E-state index in [1.54, 1.807) is 0 Å². The Morgan fingerprint density at radius 1 is 0.862 bits per heavy atom. The fraction of sp³-hybridized carbons (Fsp3) is 0. The third-order valence-corrected chi connectivity index (χ3v) is 4.04. The largest absolute Gasteiger partial charge is 0.748 e. The molecular formula is C23H18FeN2O3-6. The van der Waals surface area contributed by atoms with Crippen molar-refractivity contribution in [1.29, 1.82) is 0 Å². The van der Waals surface area contributed by atoms with E-state index in [9.17, 15) is 14.9 Å². The number of carbonyl (C=O) groups is 1.